The molecule has 1 aliphatic heterocycles. The third kappa shape index (κ3) is 3.17. The van der Waals surface area contributed by atoms with Gasteiger partial charge in [-0.1, -0.05) is 12.1 Å². The van der Waals surface area contributed by atoms with E-state index in [2.05, 4.69) is 5.32 Å². The molecule has 16 heavy (non-hydrogen) atoms. The Bertz CT molecular complexity index is 359. The molecule has 0 bridgehead atoms. The van der Waals surface area contributed by atoms with Crippen LogP contribution in [0.5, 0.6) is 0 Å². The Hall–Kier alpha value is -0.640. The smallest absolute Gasteiger partial charge is 0.126 e. The van der Waals surface area contributed by atoms with E-state index in [1.165, 1.54) is 0 Å². The molecule has 0 radical (unpaired) electrons. The number of nitrogens with one attached hydrogen (secondary N) is 1. The Morgan fingerprint density at radius 1 is 1.50 bits per heavy atom. The zero-order valence-electron chi connectivity index (χ0n) is 9.24. The summed E-state index contributed by atoms with van der Waals surface area (Å²) in [5.74, 6) is -0.147. The average Bonchev–Trinajstić information content (AvgIpc) is 2.58. The molecule has 0 spiro atoms. The maximum absolute atomic E-state index is 13.3. The zero-order chi connectivity index (χ0) is 10.8. The Kier molecular flexibility index (Phi) is 4.71. The van der Waals surface area contributed by atoms with Crippen LogP contribution in [0.15, 0.2) is 18.2 Å². The highest BCUT2D eigenvalue weighted by Crippen LogP contribution is 2.15. The van der Waals surface area contributed by atoms with E-state index in [1.54, 1.807) is 19.1 Å². The Labute approximate surface area is 101 Å². The summed E-state index contributed by atoms with van der Waals surface area (Å²) >= 11 is 0. The van der Waals surface area contributed by atoms with Crippen LogP contribution >= 0.6 is 12.4 Å². The summed E-state index contributed by atoms with van der Waals surface area (Å²) in [7, 11) is 0. The predicted molar refractivity (Wildman–Crippen MR) is 64.5 cm³/mol. The number of aliphatic hydroxyl groups excluding tert-OH is 1. The van der Waals surface area contributed by atoms with Gasteiger partial charge in [-0.05, 0) is 37.0 Å². The lowest BCUT2D eigenvalue weighted by atomic mass is 10.0. The molecule has 1 aromatic carbocycles. The van der Waals surface area contributed by atoms with Crippen molar-refractivity contribution in [1.29, 1.82) is 0 Å². The normalized spacial score (nSPS) is 24.2. The van der Waals surface area contributed by atoms with Crippen molar-refractivity contribution in [2.75, 3.05) is 6.54 Å². The topological polar surface area (TPSA) is 32.3 Å². The Morgan fingerprint density at radius 3 is 2.81 bits per heavy atom. The number of hydrogen-bond donors (Lipinski definition) is 2. The molecule has 90 valence electrons. The van der Waals surface area contributed by atoms with Gasteiger partial charge in [0.05, 0.1) is 6.10 Å². The lowest BCUT2D eigenvalue weighted by molar-refractivity contribution is 0.193. The molecule has 0 unspecified atom stereocenters. The fourth-order valence-corrected chi connectivity index (χ4v) is 2.00. The molecule has 0 aromatic heterocycles. The highest BCUT2D eigenvalue weighted by molar-refractivity contribution is 5.85. The second-order valence-electron chi connectivity index (χ2n) is 4.28. The van der Waals surface area contributed by atoms with Gasteiger partial charge >= 0.3 is 0 Å². The van der Waals surface area contributed by atoms with Gasteiger partial charge in [0, 0.05) is 12.6 Å². The number of rotatable bonds is 2. The van der Waals surface area contributed by atoms with Gasteiger partial charge in [-0.15, -0.1) is 12.4 Å². The quantitative estimate of drug-likeness (QED) is 0.833. The van der Waals surface area contributed by atoms with E-state index in [0.29, 0.717) is 12.1 Å². The second kappa shape index (κ2) is 5.62. The minimum atomic E-state index is -0.245. The standard InChI is InChI=1S/C12H16FNO.ClH/c1-8-2-3-9(5-12(8)13)4-10-6-11(15)7-14-10;/h2-3,5,10-11,14-15H,4,6-7H2,1H3;1H/t10-,11-;/m1./s1. The number of β-amino-alcohol motifs (C(OH)–C–C–N with tert-alkyl or cyclic N) is 1. The molecule has 0 saturated carbocycles. The van der Waals surface area contributed by atoms with Crippen LogP contribution in [-0.4, -0.2) is 23.8 Å². The number of benzene rings is 1. The molecule has 1 heterocycles. The molecular formula is C12H17ClFNO. The van der Waals surface area contributed by atoms with Crippen molar-refractivity contribution in [1.82, 2.24) is 5.32 Å². The molecule has 1 aliphatic rings. The molecule has 0 amide bonds. The molecule has 2 rings (SSSR count). The van der Waals surface area contributed by atoms with Gasteiger partial charge < -0.3 is 10.4 Å². The van der Waals surface area contributed by atoms with Crippen molar-refractivity contribution in [2.45, 2.75) is 31.9 Å². The molecule has 4 heteroatoms. The number of halogens is 2. The van der Waals surface area contributed by atoms with Crippen molar-refractivity contribution in [3.8, 4) is 0 Å². The number of aliphatic hydroxyl groups is 1. The van der Waals surface area contributed by atoms with Crippen LogP contribution in [0.1, 0.15) is 17.5 Å². The summed E-state index contributed by atoms with van der Waals surface area (Å²) < 4.78 is 13.3. The monoisotopic (exact) mass is 245 g/mol. The SMILES string of the molecule is Cc1ccc(C[C@@H]2C[C@@H](O)CN2)cc1F.Cl. The van der Waals surface area contributed by atoms with Gasteiger partial charge in [0.25, 0.3) is 0 Å². The van der Waals surface area contributed by atoms with E-state index in [1.807, 2.05) is 6.07 Å². The summed E-state index contributed by atoms with van der Waals surface area (Å²) in [4.78, 5) is 0. The summed E-state index contributed by atoms with van der Waals surface area (Å²) in [5.41, 5.74) is 1.67. The maximum Gasteiger partial charge on any atom is 0.126 e. The van der Waals surface area contributed by atoms with Crippen LogP contribution in [0.4, 0.5) is 4.39 Å². The van der Waals surface area contributed by atoms with Crippen molar-refractivity contribution in [3.63, 3.8) is 0 Å². The van der Waals surface area contributed by atoms with E-state index in [-0.39, 0.29) is 30.4 Å². The summed E-state index contributed by atoms with van der Waals surface area (Å²) in [6, 6.07) is 5.62. The van der Waals surface area contributed by atoms with E-state index in [4.69, 9.17) is 0 Å². The lowest BCUT2D eigenvalue weighted by Gasteiger charge is -2.10. The summed E-state index contributed by atoms with van der Waals surface area (Å²) in [6.45, 7) is 2.41. The van der Waals surface area contributed by atoms with Crippen molar-refractivity contribution in [2.24, 2.45) is 0 Å². The molecule has 0 aliphatic carbocycles. The average molecular weight is 246 g/mol. The van der Waals surface area contributed by atoms with Gasteiger partial charge in [0.2, 0.25) is 0 Å². The number of aryl methyl sites for hydroxylation is 1. The minimum absolute atomic E-state index is 0. The van der Waals surface area contributed by atoms with Crippen molar-refractivity contribution in [3.05, 3.63) is 35.1 Å². The molecule has 1 saturated heterocycles. The third-order valence-electron chi connectivity index (χ3n) is 2.92. The first-order chi connectivity index (χ1) is 7.15. The second-order valence-corrected chi connectivity index (χ2v) is 4.28. The fraction of sp³-hybridized carbons (Fsp3) is 0.500. The molecular weight excluding hydrogens is 229 g/mol. The van der Waals surface area contributed by atoms with E-state index >= 15 is 0 Å². The first kappa shape index (κ1) is 13.4. The van der Waals surface area contributed by atoms with E-state index < -0.39 is 0 Å². The van der Waals surface area contributed by atoms with Crippen LogP contribution < -0.4 is 5.32 Å². The minimum Gasteiger partial charge on any atom is -0.392 e. The van der Waals surface area contributed by atoms with Crippen LogP contribution in [0.3, 0.4) is 0 Å². The molecule has 1 fully saturated rings. The van der Waals surface area contributed by atoms with E-state index in [9.17, 15) is 9.50 Å². The highest BCUT2D eigenvalue weighted by atomic mass is 35.5. The maximum atomic E-state index is 13.3. The van der Waals surface area contributed by atoms with Gasteiger partial charge in [-0.2, -0.15) is 0 Å². The van der Waals surface area contributed by atoms with E-state index in [0.717, 1.165) is 18.4 Å². The third-order valence-corrected chi connectivity index (χ3v) is 2.92. The molecule has 1 aromatic rings. The van der Waals surface area contributed by atoms with Crippen molar-refractivity contribution >= 4 is 12.4 Å². The molecule has 2 nitrogen and oxygen atoms in total. The lowest BCUT2D eigenvalue weighted by Crippen LogP contribution is -2.23. The van der Waals surface area contributed by atoms with Crippen LogP contribution in [-0.2, 0) is 6.42 Å². The van der Waals surface area contributed by atoms with Gasteiger partial charge in [0.15, 0.2) is 0 Å². The Morgan fingerprint density at radius 2 is 2.25 bits per heavy atom. The number of hydrogen-bond acceptors (Lipinski definition) is 2. The summed E-state index contributed by atoms with van der Waals surface area (Å²) in [6.07, 6.45) is 1.30. The Balaban J connectivity index is 0.00000128. The first-order valence-electron chi connectivity index (χ1n) is 5.31. The highest BCUT2D eigenvalue weighted by Gasteiger charge is 2.21. The molecule has 2 atom stereocenters. The van der Waals surface area contributed by atoms with Gasteiger partial charge in [-0.3, -0.25) is 0 Å². The first-order valence-corrected chi connectivity index (χ1v) is 5.31. The molecule has 2 N–H and O–H groups in total. The predicted octanol–water partition coefficient (Wildman–Crippen LogP) is 1.82. The van der Waals surface area contributed by atoms with Gasteiger partial charge in [0.1, 0.15) is 5.82 Å². The van der Waals surface area contributed by atoms with Crippen LogP contribution in [0, 0.1) is 12.7 Å². The van der Waals surface area contributed by atoms with Crippen molar-refractivity contribution < 1.29 is 9.50 Å². The fourth-order valence-electron chi connectivity index (χ4n) is 2.00. The largest absolute Gasteiger partial charge is 0.392 e. The van der Waals surface area contributed by atoms with Crippen LogP contribution in [0.25, 0.3) is 0 Å². The summed E-state index contributed by atoms with van der Waals surface area (Å²) in [5, 5.41) is 12.6. The van der Waals surface area contributed by atoms with Gasteiger partial charge in [-0.25, -0.2) is 4.39 Å². The van der Waals surface area contributed by atoms with Crippen LogP contribution in [0.2, 0.25) is 0 Å². The zero-order valence-corrected chi connectivity index (χ0v) is 10.1.